The second-order valence-corrected chi connectivity index (χ2v) is 8.60. The number of likely N-dealkylation sites (tertiary alicyclic amines) is 1. The van der Waals surface area contributed by atoms with Crippen LogP contribution in [-0.4, -0.2) is 46.1 Å². The molecule has 1 aromatic heterocycles. The molecule has 6 heteroatoms. The first kappa shape index (κ1) is 18.4. The molecule has 1 fully saturated rings. The summed E-state index contributed by atoms with van der Waals surface area (Å²) in [6, 6.07) is 7.61. The van der Waals surface area contributed by atoms with Crippen LogP contribution in [0.15, 0.2) is 24.4 Å². The Hall–Kier alpha value is -1.92. The number of nitrogens with zero attached hydrogens (tertiary/aromatic N) is 4. The lowest BCUT2D eigenvalue weighted by Crippen LogP contribution is -2.44. The molecule has 2 aromatic rings. The number of hydrogen-bond donors (Lipinski definition) is 1. The standard InChI is InChI=1S/C21H31N5O/c1-21(2,22)20-14-26(24-23-20)17-8-10-25(11-9-17)18-6-4-15-5-7-19(27-3)13-16(15)12-18/h5,7,13-14,17-18H,4,6,8-12,22H2,1-3H3/t18-/m1/s1. The van der Waals surface area contributed by atoms with Gasteiger partial charge in [0, 0.05) is 19.1 Å². The van der Waals surface area contributed by atoms with Gasteiger partial charge in [-0.15, -0.1) is 5.10 Å². The van der Waals surface area contributed by atoms with Crippen molar-refractivity contribution in [3.63, 3.8) is 0 Å². The fraction of sp³-hybridized carbons (Fsp3) is 0.619. The molecule has 0 spiro atoms. The van der Waals surface area contributed by atoms with Crippen LogP contribution in [0, 0.1) is 0 Å². The predicted molar refractivity (Wildman–Crippen MR) is 106 cm³/mol. The fourth-order valence-electron chi connectivity index (χ4n) is 4.42. The van der Waals surface area contributed by atoms with Crippen LogP contribution in [-0.2, 0) is 18.4 Å². The molecular formula is C21H31N5O. The highest BCUT2D eigenvalue weighted by Gasteiger charge is 2.30. The van der Waals surface area contributed by atoms with E-state index in [4.69, 9.17) is 10.5 Å². The van der Waals surface area contributed by atoms with Gasteiger partial charge in [-0.3, -0.25) is 4.90 Å². The Morgan fingerprint density at radius 1 is 1.11 bits per heavy atom. The first-order valence-electron chi connectivity index (χ1n) is 10.0. The molecule has 0 saturated carbocycles. The SMILES string of the molecule is COc1ccc2c(c1)C[C@H](N1CCC(n3cc(C(C)(C)N)nn3)CC1)CC2. The Balaban J connectivity index is 1.37. The first-order valence-corrected chi connectivity index (χ1v) is 10.0. The molecule has 0 radical (unpaired) electrons. The maximum atomic E-state index is 6.15. The van der Waals surface area contributed by atoms with Crippen molar-refractivity contribution in [2.45, 2.75) is 63.6 Å². The van der Waals surface area contributed by atoms with E-state index < -0.39 is 5.54 Å². The van der Waals surface area contributed by atoms with E-state index in [1.165, 1.54) is 24.0 Å². The van der Waals surface area contributed by atoms with Crippen LogP contribution >= 0.6 is 0 Å². The van der Waals surface area contributed by atoms with Crippen LogP contribution in [0.1, 0.15) is 56.0 Å². The number of aryl methyl sites for hydroxylation is 1. The van der Waals surface area contributed by atoms with Gasteiger partial charge in [0.1, 0.15) is 11.4 Å². The van der Waals surface area contributed by atoms with Crippen molar-refractivity contribution in [1.82, 2.24) is 19.9 Å². The summed E-state index contributed by atoms with van der Waals surface area (Å²) in [6.45, 7) is 6.19. The fourth-order valence-corrected chi connectivity index (χ4v) is 4.42. The van der Waals surface area contributed by atoms with Crippen molar-refractivity contribution in [2.24, 2.45) is 5.73 Å². The average Bonchev–Trinajstić information content (AvgIpc) is 3.18. The summed E-state index contributed by atoms with van der Waals surface area (Å²) in [5.74, 6) is 0.970. The van der Waals surface area contributed by atoms with Gasteiger partial charge in [-0.2, -0.15) is 0 Å². The summed E-state index contributed by atoms with van der Waals surface area (Å²) >= 11 is 0. The lowest BCUT2D eigenvalue weighted by molar-refractivity contribution is 0.120. The molecule has 1 atom stereocenters. The minimum Gasteiger partial charge on any atom is -0.497 e. The van der Waals surface area contributed by atoms with Gasteiger partial charge in [0.25, 0.3) is 0 Å². The number of benzene rings is 1. The lowest BCUT2D eigenvalue weighted by atomic mass is 9.86. The Bertz CT molecular complexity index is 786. The van der Waals surface area contributed by atoms with E-state index in [-0.39, 0.29) is 0 Å². The maximum absolute atomic E-state index is 6.15. The second kappa shape index (κ2) is 7.24. The molecule has 1 saturated heterocycles. The quantitative estimate of drug-likeness (QED) is 0.897. The Morgan fingerprint density at radius 3 is 2.56 bits per heavy atom. The van der Waals surface area contributed by atoms with Crippen LogP contribution in [0.5, 0.6) is 5.75 Å². The number of rotatable bonds is 4. The van der Waals surface area contributed by atoms with Gasteiger partial charge in [0.05, 0.1) is 24.9 Å². The highest BCUT2D eigenvalue weighted by atomic mass is 16.5. The van der Waals surface area contributed by atoms with Crippen molar-refractivity contribution < 1.29 is 4.74 Å². The van der Waals surface area contributed by atoms with Crippen LogP contribution in [0.4, 0.5) is 0 Å². The summed E-state index contributed by atoms with van der Waals surface area (Å²) < 4.78 is 7.44. The van der Waals surface area contributed by atoms with E-state index in [1.54, 1.807) is 7.11 Å². The van der Waals surface area contributed by atoms with E-state index >= 15 is 0 Å². The number of nitrogens with two attached hydrogens (primary N) is 1. The highest BCUT2D eigenvalue weighted by Crippen LogP contribution is 2.31. The largest absolute Gasteiger partial charge is 0.497 e. The minimum atomic E-state index is -0.435. The lowest BCUT2D eigenvalue weighted by Gasteiger charge is -2.39. The minimum absolute atomic E-state index is 0.431. The van der Waals surface area contributed by atoms with E-state index in [0.717, 1.165) is 43.8 Å². The van der Waals surface area contributed by atoms with Gasteiger partial charge in [-0.05, 0) is 69.2 Å². The predicted octanol–water partition coefficient (Wildman–Crippen LogP) is 2.67. The number of ether oxygens (including phenoxy) is 1. The van der Waals surface area contributed by atoms with Gasteiger partial charge in [0.2, 0.25) is 0 Å². The Morgan fingerprint density at radius 2 is 1.89 bits per heavy atom. The average molecular weight is 370 g/mol. The van der Waals surface area contributed by atoms with Crippen LogP contribution in [0.25, 0.3) is 0 Å². The van der Waals surface area contributed by atoms with Crippen molar-refractivity contribution in [1.29, 1.82) is 0 Å². The zero-order valence-corrected chi connectivity index (χ0v) is 16.7. The molecule has 2 N–H and O–H groups in total. The van der Waals surface area contributed by atoms with E-state index in [0.29, 0.717) is 12.1 Å². The monoisotopic (exact) mass is 369 g/mol. The molecule has 1 aromatic carbocycles. The smallest absolute Gasteiger partial charge is 0.119 e. The van der Waals surface area contributed by atoms with Gasteiger partial charge < -0.3 is 10.5 Å². The van der Waals surface area contributed by atoms with Crippen molar-refractivity contribution in [2.75, 3.05) is 20.2 Å². The molecule has 27 heavy (non-hydrogen) atoms. The molecule has 0 unspecified atom stereocenters. The second-order valence-electron chi connectivity index (χ2n) is 8.60. The number of fused-ring (bicyclic) bond motifs is 1. The normalized spacial score (nSPS) is 21.9. The van der Waals surface area contributed by atoms with Crippen LogP contribution in [0.3, 0.4) is 0 Å². The van der Waals surface area contributed by atoms with Crippen LogP contribution in [0.2, 0.25) is 0 Å². The van der Waals surface area contributed by atoms with Gasteiger partial charge in [0.15, 0.2) is 0 Å². The van der Waals surface area contributed by atoms with Gasteiger partial charge >= 0.3 is 0 Å². The zero-order chi connectivity index (χ0) is 19.0. The summed E-state index contributed by atoms with van der Waals surface area (Å²) in [7, 11) is 1.74. The molecule has 1 aliphatic carbocycles. The third-order valence-electron chi connectivity index (χ3n) is 6.18. The van der Waals surface area contributed by atoms with E-state index in [2.05, 4.69) is 33.4 Å². The molecule has 2 heterocycles. The molecule has 146 valence electrons. The summed E-state index contributed by atoms with van der Waals surface area (Å²) in [6.07, 6.45) is 7.82. The van der Waals surface area contributed by atoms with Crippen molar-refractivity contribution >= 4 is 0 Å². The third kappa shape index (κ3) is 3.87. The summed E-state index contributed by atoms with van der Waals surface area (Å²) in [5, 5.41) is 8.62. The topological polar surface area (TPSA) is 69.2 Å². The van der Waals surface area contributed by atoms with Crippen molar-refractivity contribution in [3.8, 4) is 5.75 Å². The molecule has 1 aliphatic heterocycles. The first-order chi connectivity index (χ1) is 12.9. The molecule has 0 bridgehead atoms. The molecule has 0 amide bonds. The van der Waals surface area contributed by atoms with Crippen LogP contribution < -0.4 is 10.5 Å². The summed E-state index contributed by atoms with van der Waals surface area (Å²) in [4.78, 5) is 2.67. The van der Waals surface area contributed by atoms with E-state index in [1.807, 2.05) is 24.7 Å². The van der Waals surface area contributed by atoms with E-state index in [9.17, 15) is 0 Å². The summed E-state index contributed by atoms with van der Waals surface area (Å²) in [5.41, 5.74) is 9.52. The van der Waals surface area contributed by atoms with Gasteiger partial charge in [-0.1, -0.05) is 11.3 Å². The number of hydrogen-bond acceptors (Lipinski definition) is 5. The van der Waals surface area contributed by atoms with Crippen molar-refractivity contribution in [3.05, 3.63) is 41.2 Å². The zero-order valence-electron chi connectivity index (χ0n) is 16.7. The number of aromatic nitrogens is 3. The Kier molecular flexibility index (Phi) is 4.95. The highest BCUT2D eigenvalue weighted by molar-refractivity contribution is 5.38. The Labute approximate surface area is 161 Å². The third-order valence-corrected chi connectivity index (χ3v) is 6.18. The number of methoxy groups -OCH3 is 1. The molecule has 4 rings (SSSR count). The number of piperidine rings is 1. The molecule has 2 aliphatic rings. The molecular weight excluding hydrogens is 338 g/mol. The molecule has 6 nitrogen and oxygen atoms in total. The maximum Gasteiger partial charge on any atom is 0.119 e. The van der Waals surface area contributed by atoms with Gasteiger partial charge in [-0.25, -0.2) is 4.68 Å².